The maximum Gasteiger partial charge on any atom is 0.417 e. The normalized spacial score (nSPS) is 16.3. The van der Waals surface area contributed by atoms with Crippen molar-refractivity contribution in [2.45, 2.75) is 25.1 Å². The fourth-order valence-electron chi connectivity index (χ4n) is 2.67. The van der Waals surface area contributed by atoms with Crippen LogP contribution in [0.15, 0.2) is 42.6 Å². The number of pyridine rings is 1. The van der Waals surface area contributed by atoms with E-state index >= 15 is 0 Å². The molecule has 1 aliphatic heterocycles. The summed E-state index contributed by atoms with van der Waals surface area (Å²) < 4.78 is 44.5. The number of hydrogen-bond donors (Lipinski definition) is 1. The third kappa shape index (κ3) is 3.82. The predicted octanol–water partition coefficient (Wildman–Crippen LogP) is 4.36. The molecule has 6 heteroatoms. The van der Waals surface area contributed by atoms with Gasteiger partial charge in [-0.25, -0.2) is 4.98 Å². The van der Waals surface area contributed by atoms with E-state index in [9.17, 15) is 13.2 Å². The van der Waals surface area contributed by atoms with Gasteiger partial charge in [-0.1, -0.05) is 18.2 Å². The summed E-state index contributed by atoms with van der Waals surface area (Å²) in [6, 6.07) is 9.22. The van der Waals surface area contributed by atoms with Crippen molar-refractivity contribution < 1.29 is 17.9 Å². The molecule has 3 nitrogen and oxygen atoms in total. The van der Waals surface area contributed by atoms with Gasteiger partial charge in [-0.3, -0.25) is 0 Å². The highest BCUT2D eigenvalue weighted by Crippen LogP contribution is 2.36. The average Bonchev–Trinajstić information content (AvgIpc) is 2.56. The first-order chi connectivity index (χ1) is 11.0. The predicted molar refractivity (Wildman–Crippen MR) is 82.1 cm³/mol. The summed E-state index contributed by atoms with van der Waals surface area (Å²) >= 11 is 0. The smallest absolute Gasteiger partial charge is 0.381 e. The third-order valence-electron chi connectivity index (χ3n) is 3.88. The SMILES string of the molecule is FC(F)(F)c1ccccc1-c1ccc(NC2CCOCC2)nc1. The molecule has 0 spiro atoms. The van der Waals surface area contributed by atoms with E-state index in [4.69, 9.17) is 4.74 Å². The van der Waals surface area contributed by atoms with Gasteiger partial charge in [0.05, 0.1) is 5.56 Å². The van der Waals surface area contributed by atoms with Crippen molar-refractivity contribution in [2.24, 2.45) is 0 Å². The van der Waals surface area contributed by atoms with E-state index in [1.807, 2.05) is 0 Å². The fourth-order valence-corrected chi connectivity index (χ4v) is 2.67. The number of hydrogen-bond acceptors (Lipinski definition) is 3. The quantitative estimate of drug-likeness (QED) is 0.912. The Balaban J connectivity index is 1.80. The van der Waals surface area contributed by atoms with E-state index in [0.717, 1.165) is 18.9 Å². The van der Waals surface area contributed by atoms with E-state index in [2.05, 4.69) is 10.3 Å². The Morgan fingerprint density at radius 3 is 2.43 bits per heavy atom. The van der Waals surface area contributed by atoms with Crippen molar-refractivity contribution in [1.82, 2.24) is 4.98 Å². The van der Waals surface area contributed by atoms with E-state index in [1.165, 1.54) is 18.3 Å². The fraction of sp³-hybridized carbons (Fsp3) is 0.353. The number of benzene rings is 1. The molecule has 0 bridgehead atoms. The van der Waals surface area contributed by atoms with Crippen LogP contribution in [0, 0.1) is 0 Å². The van der Waals surface area contributed by atoms with Gasteiger partial charge in [0.25, 0.3) is 0 Å². The van der Waals surface area contributed by atoms with Crippen molar-refractivity contribution in [1.29, 1.82) is 0 Å². The van der Waals surface area contributed by atoms with Crippen molar-refractivity contribution >= 4 is 5.82 Å². The van der Waals surface area contributed by atoms with Gasteiger partial charge in [-0.05, 0) is 36.6 Å². The molecule has 1 saturated heterocycles. The number of ether oxygens (including phenoxy) is 1. The van der Waals surface area contributed by atoms with E-state index in [0.29, 0.717) is 30.6 Å². The summed E-state index contributed by atoms with van der Waals surface area (Å²) in [4.78, 5) is 4.25. The van der Waals surface area contributed by atoms with Crippen LogP contribution in [0.25, 0.3) is 11.1 Å². The molecule has 1 N–H and O–H groups in total. The van der Waals surface area contributed by atoms with Gasteiger partial charge in [0.15, 0.2) is 0 Å². The second kappa shape index (κ2) is 6.58. The highest BCUT2D eigenvalue weighted by atomic mass is 19.4. The molecule has 2 aromatic rings. The summed E-state index contributed by atoms with van der Waals surface area (Å²) in [7, 11) is 0. The first-order valence-corrected chi connectivity index (χ1v) is 7.51. The number of alkyl halides is 3. The Labute approximate surface area is 132 Å². The number of anilines is 1. The van der Waals surface area contributed by atoms with Crippen LogP contribution in [-0.2, 0) is 10.9 Å². The molecule has 0 atom stereocenters. The number of rotatable bonds is 3. The monoisotopic (exact) mass is 322 g/mol. The summed E-state index contributed by atoms with van der Waals surface area (Å²) in [6.45, 7) is 1.43. The molecule has 1 aromatic carbocycles. The van der Waals surface area contributed by atoms with Gasteiger partial charge in [0.2, 0.25) is 0 Å². The highest BCUT2D eigenvalue weighted by molar-refractivity contribution is 5.68. The van der Waals surface area contributed by atoms with Crippen LogP contribution in [0.4, 0.5) is 19.0 Å². The van der Waals surface area contributed by atoms with Crippen LogP contribution in [0.2, 0.25) is 0 Å². The molecule has 0 aliphatic carbocycles. The second-order valence-corrected chi connectivity index (χ2v) is 5.51. The van der Waals surface area contributed by atoms with Crippen LogP contribution < -0.4 is 5.32 Å². The lowest BCUT2D eigenvalue weighted by Crippen LogP contribution is -2.28. The Morgan fingerprint density at radius 1 is 1.04 bits per heavy atom. The molecule has 3 rings (SSSR count). The zero-order chi connectivity index (χ0) is 16.3. The minimum atomic E-state index is -4.38. The highest BCUT2D eigenvalue weighted by Gasteiger charge is 2.33. The molecule has 0 saturated carbocycles. The standard InChI is InChI=1S/C17H17F3N2O/c18-17(19,20)15-4-2-1-3-14(15)12-5-6-16(21-11-12)22-13-7-9-23-10-8-13/h1-6,11,13H,7-10H2,(H,21,22). The summed E-state index contributed by atoms with van der Waals surface area (Å²) in [6.07, 6.45) is -1.09. The summed E-state index contributed by atoms with van der Waals surface area (Å²) in [5, 5.41) is 3.29. The minimum absolute atomic E-state index is 0.144. The minimum Gasteiger partial charge on any atom is -0.381 e. The molecule has 0 unspecified atom stereocenters. The summed E-state index contributed by atoms with van der Waals surface area (Å²) in [5.41, 5.74) is -0.0486. The molecular formula is C17H17F3N2O. The van der Waals surface area contributed by atoms with Crippen LogP contribution in [0.1, 0.15) is 18.4 Å². The van der Waals surface area contributed by atoms with Crippen LogP contribution in [0.5, 0.6) is 0 Å². The van der Waals surface area contributed by atoms with Crippen molar-refractivity contribution in [2.75, 3.05) is 18.5 Å². The molecule has 1 aromatic heterocycles. The van der Waals surface area contributed by atoms with Gasteiger partial charge < -0.3 is 10.1 Å². The number of nitrogens with zero attached hydrogens (tertiary/aromatic N) is 1. The summed E-state index contributed by atoms with van der Waals surface area (Å²) in [5.74, 6) is 0.671. The Bertz CT molecular complexity index is 650. The molecule has 23 heavy (non-hydrogen) atoms. The zero-order valence-corrected chi connectivity index (χ0v) is 12.4. The molecule has 122 valence electrons. The van der Waals surface area contributed by atoms with Gasteiger partial charge >= 0.3 is 6.18 Å². The number of nitrogens with one attached hydrogen (secondary N) is 1. The van der Waals surface area contributed by atoms with Crippen molar-refractivity contribution in [3.63, 3.8) is 0 Å². The lowest BCUT2D eigenvalue weighted by Gasteiger charge is -2.23. The van der Waals surface area contributed by atoms with E-state index < -0.39 is 11.7 Å². The lowest BCUT2D eigenvalue weighted by atomic mass is 10.0. The Hall–Kier alpha value is -2.08. The van der Waals surface area contributed by atoms with Crippen LogP contribution in [-0.4, -0.2) is 24.2 Å². The molecular weight excluding hydrogens is 305 g/mol. The van der Waals surface area contributed by atoms with Crippen LogP contribution in [0.3, 0.4) is 0 Å². The molecule has 0 amide bonds. The van der Waals surface area contributed by atoms with E-state index in [-0.39, 0.29) is 5.56 Å². The van der Waals surface area contributed by atoms with Crippen LogP contribution >= 0.6 is 0 Å². The number of halogens is 3. The number of aromatic nitrogens is 1. The first-order valence-electron chi connectivity index (χ1n) is 7.51. The Kier molecular flexibility index (Phi) is 4.52. The average molecular weight is 322 g/mol. The largest absolute Gasteiger partial charge is 0.417 e. The lowest BCUT2D eigenvalue weighted by molar-refractivity contribution is -0.137. The molecule has 2 heterocycles. The van der Waals surface area contributed by atoms with E-state index in [1.54, 1.807) is 18.2 Å². The molecule has 1 fully saturated rings. The van der Waals surface area contributed by atoms with Gasteiger partial charge in [-0.2, -0.15) is 13.2 Å². The maximum atomic E-state index is 13.1. The van der Waals surface area contributed by atoms with Crippen molar-refractivity contribution in [3.05, 3.63) is 48.2 Å². The maximum absolute atomic E-state index is 13.1. The van der Waals surface area contributed by atoms with Gasteiger partial charge in [0, 0.05) is 31.0 Å². The van der Waals surface area contributed by atoms with Crippen molar-refractivity contribution in [3.8, 4) is 11.1 Å². The molecule has 0 radical (unpaired) electrons. The zero-order valence-electron chi connectivity index (χ0n) is 12.4. The van der Waals surface area contributed by atoms with Gasteiger partial charge in [0.1, 0.15) is 5.82 Å². The Morgan fingerprint density at radius 2 is 1.78 bits per heavy atom. The topological polar surface area (TPSA) is 34.1 Å². The molecule has 1 aliphatic rings. The second-order valence-electron chi connectivity index (χ2n) is 5.51. The van der Waals surface area contributed by atoms with Gasteiger partial charge in [-0.15, -0.1) is 0 Å². The third-order valence-corrected chi connectivity index (χ3v) is 3.88. The first kappa shape index (κ1) is 15.8.